The lowest BCUT2D eigenvalue weighted by Gasteiger charge is -2.18. The number of carbonyl (C=O) groups excluding carboxylic acids is 1. The maximum absolute atomic E-state index is 12.9. The number of rotatable bonds is 3. The minimum absolute atomic E-state index is 0.0170. The molecule has 100 valence electrons. The Bertz CT molecular complexity index is 687. The third-order valence-electron chi connectivity index (χ3n) is 2.66. The van der Waals surface area contributed by atoms with Gasteiger partial charge in [-0.05, 0) is 38.0 Å². The second kappa shape index (κ2) is 5.07. The van der Waals surface area contributed by atoms with E-state index in [1.807, 2.05) is 0 Å². The van der Waals surface area contributed by atoms with Gasteiger partial charge in [0, 0.05) is 15.1 Å². The van der Waals surface area contributed by atoms with E-state index in [9.17, 15) is 9.18 Å². The fraction of sp³-hybridized carbons (Fsp3) is 0.231. The fourth-order valence-electron chi connectivity index (χ4n) is 1.46. The lowest BCUT2D eigenvalue weighted by Crippen LogP contribution is -2.38. The van der Waals surface area contributed by atoms with Crippen molar-refractivity contribution in [3.63, 3.8) is 0 Å². The van der Waals surface area contributed by atoms with Gasteiger partial charge in [0.1, 0.15) is 10.8 Å². The normalized spacial score (nSPS) is 16.9. The van der Waals surface area contributed by atoms with Crippen molar-refractivity contribution in [3.05, 3.63) is 41.2 Å². The van der Waals surface area contributed by atoms with E-state index in [1.165, 1.54) is 42.0 Å². The first kappa shape index (κ1) is 10.1. The Balaban J connectivity index is 2.48. The summed E-state index contributed by atoms with van der Waals surface area (Å²) in [6.07, 6.45) is 0. The molecule has 0 saturated heterocycles. The number of carbonyl (C=O) groups is 1. The van der Waals surface area contributed by atoms with Crippen molar-refractivity contribution in [1.82, 2.24) is 10.5 Å². The summed E-state index contributed by atoms with van der Waals surface area (Å²) in [5.74, 6) is -1.46. The Morgan fingerprint density at radius 3 is 2.79 bits per heavy atom. The number of benzene rings is 1. The number of hydrogen-bond donors (Lipinski definition) is 2. The highest BCUT2D eigenvalue weighted by Gasteiger charge is 2.32. The first-order valence-corrected chi connectivity index (χ1v) is 6.24. The first-order valence-electron chi connectivity index (χ1n) is 6.86. The van der Waals surface area contributed by atoms with E-state index in [2.05, 4.69) is 4.98 Å². The molecule has 19 heavy (non-hydrogen) atoms. The predicted molar refractivity (Wildman–Crippen MR) is 70.5 cm³/mol. The molecule has 2 N–H and O–H groups in total. The summed E-state index contributed by atoms with van der Waals surface area (Å²) in [5, 5.41) is 10.7. The van der Waals surface area contributed by atoms with Gasteiger partial charge in [0.05, 0.1) is 11.1 Å². The van der Waals surface area contributed by atoms with Crippen LogP contribution >= 0.6 is 11.3 Å². The third-order valence-corrected chi connectivity index (χ3v) is 3.55. The van der Waals surface area contributed by atoms with Crippen LogP contribution in [-0.4, -0.2) is 16.1 Å². The van der Waals surface area contributed by atoms with E-state index < -0.39 is 24.0 Å². The van der Waals surface area contributed by atoms with Gasteiger partial charge in [-0.25, -0.2) is 14.9 Å². The lowest BCUT2D eigenvalue weighted by molar-refractivity contribution is -0.134. The number of aromatic nitrogens is 1. The number of hydrogen-bond acceptors (Lipinski definition) is 4. The zero-order chi connectivity index (χ0) is 16.5. The van der Waals surface area contributed by atoms with Crippen LogP contribution in [0.2, 0.25) is 0 Å². The van der Waals surface area contributed by atoms with Gasteiger partial charge >= 0.3 is 0 Å². The second-order valence-corrected chi connectivity index (χ2v) is 4.97. The first-order chi connectivity index (χ1) is 10.2. The van der Waals surface area contributed by atoms with E-state index in [4.69, 9.17) is 9.32 Å². The van der Waals surface area contributed by atoms with Gasteiger partial charge < -0.3 is 0 Å². The van der Waals surface area contributed by atoms with Crippen molar-refractivity contribution < 1.29 is 18.5 Å². The molecule has 0 aliphatic carbocycles. The molecule has 2 aromatic rings. The van der Waals surface area contributed by atoms with Gasteiger partial charge in [0.25, 0.3) is 5.91 Å². The van der Waals surface area contributed by atoms with E-state index >= 15 is 0 Å². The van der Waals surface area contributed by atoms with Crippen molar-refractivity contribution in [1.29, 1.82) is 0 Å². The number of halogens is 1. The Morgan fingerprint density at radius 1 is 1.53 bits per heavy atom. The standard InChI is InChI=1S/C13H13FN2O2S/c1-13(2,12(17)16-18)10-7-19-11(15-10)8-3-5-9(14)6-4-8/h3-7,18H,1-2H3,(H,16,17)/i1D3. The van der Waals surface area contributed by atoms with Crippen molar-refractivity contribution in [2.24, 2.45) is 0 Å². The van der Waals surface area contributed by atoms with Gasteiger partial charge in [-0.2, -0.15) is 0 Å². The Morgan fingerprint density at radius 2 is 2.21 bits per heavy atom. The van der Waals surface area contributed by atoms with Gasteiger partial charge in [0.15, 0.2) is 0 Å². The molecule has 1 unspecified atom stereocenters. The molecule has 6 heteroatoms. The molecule has 0 radical (unpaired) electrons. The summed E-state index contributed by atoms with van der Waals surface area (Å²) in [4.78, 5) is 16.0. The van der Waals surface area contributed by atoms with Crippen LogP contribution in [-0.2, 0) is 10.2 Å². The van der Waals surface area contributed by atoms with E-state index in [0.717, 1.165) is 11.3 Å². The Labute approximate surface area is 118 Å². The van der Waals surface area contributed by atoms with Gasteiger partial charge in [0.2, 0.25) is 0 Å². The summed E-state index contributed by atoms with van der Waals surface area (Å²) in [5.41, 5.74) is 0.0171. The number of nitrogens with one attached hydrogen (secondary N) is 1. The van der Waals surface area contributed by atoms with Crippen LogP contribution in [0.4, 0.5) is 4.39 Å². The highest BCUT2D eigenvalue weighted by molar-refractivity contribution is 7.13. The Hall–Kier alpha value is -1.79. The van der Waals surface area contributed by atoms with Gasteiger partial charge in [-0.3, -0.25) is 10.0 Å². The average molecular weight is 283 g/mol. The van der Waals surface area contributed by atoms with Crippen LogP contribution in [0.15, 0.2) is 29.6 Å². The van der Waals surface area contributed by atoms with Crippen LogP contribution in [0, 0.1) is 5.82 Å². The third kappa shape index (κ3) is 2.64. The van der Waals surface area contributed by atoms with E-state index in [1.54, 1.807) is 0 Å². The van der Waals surface area contributed by atoms with E-state index in [-0.39, 0.29) is 5.69 Å². The van der Waals surface area contributed by atoms with Crippen molar-refractivity contribution in [2.45, 2.75) is 19.2 Å². The largest absolute Gasteiger partial charge is 0.289 e. The maximum Gasteiger partial charge on any atom is 0.255 e. The van der Waals surface area contributed by atoms with Gasteiger partial charge in [-0.1, -0.05) is 0 Å². The quantitative estimate of drug-likeness (QED) is 0.672. The molecule has 1 amide bonds. The van der Waals surface area contributed by atoms with Crippen molar-refractivity contribution in [2.75, 3.05) is 0 Å². The molecule has 1 heterocycles. The average Bonchev–Trinajstić information content (AvgIpc) is 2.95. The summed E-state index contributed by atoms with van der Waals surface area (Å²) >= 11 is 1.13. The van der Waals surface area contributed by atoms with Crippen molar-refractivity contribution >= 4 is 17.2 Å². The molecule has 1 atom stereocenters. The number of thiazole rings is 1. The monoisotopic (exact) mass is 283 g/mol. The molecule has 1 aromatic heterocycles. The highest BCUT2D eigenvalue weighted by atomic mass is 32.1. The molecule has 0 fully saturated rings. The number of nitrogens with zero attached hydrogens (tertiary/aromatic N) is 1. The zero-order valence-electron chi connectivity index (χ0n) is 13.0. The molecule has 0 spiro atoms. The highest BCUT2D eigenvalue weighted by Crippen LogP contribution is 2.30. The summed E-state index contributed by atoms with van der Waals surface area (Å²) in [6, 6.07) is 5.55. The molecule has 0 saturated carbocycles. The molecular formula is C13H13FN2O2S. The summed E-state index contributed by atoms with van der Waals surface area (Å²) in [6.45, 7) is -1.51. The Kier molecular flexibility index (Phi) is 2.68. The molecule has 0 aliphatic heterocycles. The number of hydroxylamine groups is 1. The van der Waals surface area contributed by atoms with Crippen LogP contribution < -0.4 is 5.48 Å². The summed E-state index contributed by atoms with van der Waals surface area (Å²) < 4.78 is 35.7. The number of amides is 1. The lowest BCUT2D eigenvalue weighted by atomic mass is 9.89. The molecule has 4 nitrogen and oxygen atoms in total. The predicted octanol–water partition coefficient (Wildman–Crippen LogP) is 2.73. The molecule has 1 aromatic carbocycles. The van der Waals surface area contributed by atoms with Crippen LogP contribution in [0.25, 0.3) is 10.6 Å². The molecular weight excluding hydrogens is 267 g/mol. The van der Waals surface area contributed by atoms with E-state index in [0.29, 0.717) is 10.6 Å². The van der Waals surface area contributed by atoms with Crippen LogP contribution in [0.1, 0.15) is 23.6 Å². The minimum Gasteiger partial charge on any atom is -0.289 e. The smallest absolute Gasteiger partial charge is 0.255 e. The van der Waals surface area contributed by atoms with Crippen molar-refractivity contribution in [3.8, 4) is 10.6 Å². The molecule has 0 bridgehead atoms. The van der Waals surface area contributed by atoms with Crippen LogP contribution in [0.3, 0.4) is 0 Å². The summed E-state index contributed by atoms with van der Waals surface area (Å²) in [7, 11) is 0. The zero-order valence-corrected chi connectivity index (χ0v) is 10.8. The molecule has 2 rings (SSSR count). The maximum atomic E-state index is 12.9. The second-order valence-electron chi connectivity index (χ2n) is 4.11. The van der Waals surface area contributed by atoms with Crippen LogP contribution in [0.5, 0.6) is 0 Å². The van der Waals surface area contributed by atoms with Gasteiger partial charge in [-0.15, -0.1) is 11.3 Å². The minimum atomic E-state index is -2.70. The fourth-order valence-corrected chi connectivity index (χ4v) is 2.39. The topological polar surface area (TPSA) is 62.2 Å². The SMILES string of the molecule is [2H]C([2H])([2H])C(C)(C(=O)NO)c1csc(-c2ccc(F)cc2)n1. The molecule has 0 aliphatic rings.